The molecule has 2 rings (SSSR count). The summed E-state index contributed by atoms with van der Waals surface area (Å²) in [4.78, 5) is 21.3. The Kier molecular flexibility index (Phi) is 5.62. The van der Waals surface area contributed by atoms with Crippen LogP contribution in [-0.4, -0.2) is 21.9 Å². The minimum absolute atomic E-state index is 0.179. The molecule has 1 saturated carbocycles. The average Bonchev–Trinajstić information content (AvgIpc) is 2.46. The fourth-order valence-electron chi connectivity index (χ4n) is 3.47. The molecule has 5 heteroatoms. The molecule has 0 saturated heterocycles. The molecule has 1 fully saturated rings. The zero-order valence-electron chi connectivity index (χ0n) is 15.5. The van der Waals surface area contributed by atoms with Crippen molar-refractivity contribution in [3.8, 4) is 0 Å². The van der Waals surface area contributed by atoms with Gasteiger partial charge in [-0.1, -0.05) is 20.8 Å². The maximum absolute atomic E-state index is 12.6. The van der Waals surface area contributed by atoms with E-state index >= 15 is 0 Å². The molecule has 3 N–H and O–H groups in total. The Labute approximate surface area is 145 Å². The van der Waals surface area contributed by atoms with Gasteiger partial charge >= 0.3 is 0 Å². The van der Waals surface area contributed by atoms with Gasteiger partial charge in [0.2, 0.25) is 0 Å². The molecule has 0 atom stereocenters. The number of carbonyl (C=O) groups excluding carboxylic acids is 1. The van der Waals surface area contributed by atoms with E-state index in [1.807, 2.05) is 19.9 Å². The van der Waals surface area contributed by atoms with E-state index in [2.05, 4.69) is 36.1 Å². The van der Waals surface area contributed by atoms with Gasteiger partial charge < -0.3 is 11.1 Å². The third kappa shape index (κ3) is 4.56. The van der Waals surface area contributed by atoms with Crippen LogP contribution in [0, 0.1) is 25.2 Å². The first-order valence-corrected chi connectivity index (χ1v) is 8.76. The molecule has 1 aliphatic carbocycles. The molecule has 0 unspecified atom stereocenters. The molecule has 1 amide bonds. The van der Waals surface area contributed by atoms with Crippen LogP contribution in [0.25, 0.3) is 5.57 Å². The topological polar surface area (TPSA) is 80.9 Å². The summed E-state index contributed by atoms with van der Waals surface area (Å²) in [6.45, 7) is 10.7. The minimum atomic E-state index is -0.179. The van der Waals surface area contributed by atoms with Crippen LogP contribution < -0.4 is 11.1 Å². The highest BCUT2D eigenvalue weighted by Crippen LogP contribution is 2.37. The van der Waals surface area contributed by atoms with Crippen LogP contribution in [0.15, 0.2) is 12.3 Å². The largest absolute Gasteiger partial charge is 0.404 e. The van der Waals surface area contributed by atoms with E-state index in [9.17, 15) is 4.79 Å². The molecule has 0 aliphatic heterocycles. The first-order valence-electron chi connectivity index (χ1n) is 8.76. The smallest absolute Gasteiger partial charge is 0.256 e. The summed E-state index contributed by atoms with van der Waals surface area (Å²) in [5.41, 5.74) is 8.03. The van der Waals surface area contributed by atoms with Crippen LogP contribution in [0.4, 0.5) is 0 Å². The van der Waals surface area contributed by atoms with E-state index in [1.54, 1.807) is 0 Å². The first-order chi connectivity index (χ1) is 11.2. The zero-order chi connectivity index (χ0) is 17.9. The first kappa shape index (κ1) is 18.4. The summed E-state index contributed by atoms with van der Waals surface area (Å²) in [6.07, 6.45) is 5.63. The van der Waals surface area contributed by atoms with Gasteiger partial charge in [0.15, 0.2) is 5.82 Å². The van der Waals surface area contributed by atoms with Crippen molar-refractivity contribution in [2.45, 2.75) is 66.3 Å². The predicted molar refractivity (Wildman–Crippen MR) is 97.0 cm³/mol. The van der Waals surface area contributed by atoms with Crippen LogP contribution >= 0.6 is 0 Å². The molecule has 0 radical (unpaired) electrons. The second-order valence-corrected chi connectivity index (χ2v) is 7.94. The van der Waals surface area contributed by atoms with Gasteiger partial charge in [-0.05, 0) is 56.9 Å². The molecule has 1 aliphatic rings. The van der Waals surface area contributed by atoms with Crippen molar-refractivity contribution in [2.75, 3.05) is 0 Å². The van der Waals surface area contributed by atoms with Crippen LogP contribution in [0.3, 0.4) is 0 Å². The molecule has 1 aromatic rings. The summed E-state index contributed by atoms with van der Waals surface area (Å²) in [5, 5.41) is 3.11. The Balaban J connectivity index is 2.01. The lowest BCUT2D eigenvalue weighted by Gasteiger charge is -2.37. The summed E-state index contributed by atoms with van der Waals surface area (Å²) in [6, 6.07) is 2.08. The van der Waals surface area contributed by atoms with Crippen LogP contribution in [0.2, 0.25) is 0 Å². The Morgan fingerprint density at radius 3 is 2.17 bits per heavy atom. The molecule has 0 bridgehead atoms. The van der Waals surface area contributed by atoms with Gasteiger partial charge in [-0.25, -0.2) is 9.97 Å². The quantitative estimate of drug-likeness (QED) is 0.834. The Morgan fingerprint density at radius 2 is 1.71 bits per heavy atom. The van der Waals surface area contributed by atoms with E-state index < -0.39 is 0 Å². The number of aromatic nitrogens is 2. The highest BCUT2D eigenvalue weighted by Gasteiger charge is 2.30. The molecule has 1 aromatic heterocycles. The SMILES string of the molecule is Cc1cc(C)nc(C(=CN)C(=O)NC2CCC(C(C)(C)C)CC2)n1. The maximum atomic E-state index is 12.6. The summed E-state index contributed by atoms with van der Waals surface area (Å²) in [7, 11) is 0. The van der Waals surface area contributed by atoms with Gasteiger partial charge in [0, 0.05) is 23.6 Å². The molecule has 0 aromatic carbocycles. The fourth-order valence-corrected chi connectivity index (χ4v) is 3.47. The van der Waals surface area contributed by atoms with Gasteiger partial charge in [0.1, 0.15) is 0 Å². The molecule has 0 spiro atoms. The van der Waals surface area contributed by atoms with Gasteiger partial charge in [0.25, 0.3) is 5.91 Å². The lowest BCUT2D eigenvalue weighted by molar-refractivity contribution is -0.116. The van der Waals surface area contributed by atoms with Crippen molar-refractivity contribution in [3.05, 3.63) is 29.5 Å². The van der Waals surface area contributed by atoms with Crippen molar-refractivity contribution >= 4 is 11.5 Å². The molecule has 5 nitrogen and oxygen atoms in total. The van der Waals surface area contributed by atoms with E-state index in [-0.39, 0.29) is 11.9 Å². The third-order valence-electron chi connectivity index (χ3n) is 4.92. The number of hydrogen-bond donors (Lipinski definition) is 2. The van der Waals surface area contributed by atoms with Crippen molar-refractivity contribution in [1.82, 2.24) is 15.3 Å². The zero-order valence-corrected chi connectivity index (χ0v) is 15.5. The van der Waals surface area contributed by atoms with Crippen molar-refractivity contribution in [1.29, 1.82) is 0 Å². The summed E-state index contributed by atoms with van der Waals surface area (Å²) >= 11 is 0. The number of nitrogens with one attached hydrogen (secondary N) is 1. The highest BCUT2D eigenvalue weighted by molar-refractivity contribution is 6.18. The van der Waals surface area contributed by atoms with Gasteiger partial charge in [-0.15, -0.1) is 0 Å². The number of aryl methyl sites for hydroxylation is 2. The Morgan fingerprint density at radius 1 is 1.17 bits per heavy atom. The van der Waals surface area contributed by atoms with Gasteiger partial charge in [-0.2, -0.15) is 0 Å². The molecule has 1 heterocycles. The second-order valence-electron chi connectivity index (χ2n) is 7.94. The minimum Gasteiger partial charge on any atom is -0.404 e. The number of nitrogens with zero attached hydrogens (tertiary/aromatic N) is 2. The third-order valence-corrected chi connectivity index (χ3v) is 4.92. The van der Waals surface area contributed by atoms with E-state index in [0.29, 0.717) is 16.8 Å². The average molecular weight is 330 g/mol. The lowest BCUT2D eigenvalue weighted by atomic mass is 9.71. The number of carbonyl (C=O) groups is 1. The number of hydrogen-bond acceptors (Lipinski definition) is 4. The van der Waals surface area contributed by atoms with E-state index in [1.165, 1.54) is 6.20 Å². The van der Waals surface area contributed by atoms with E-state index in [0.717, 1.165) is 43.0 Å². The Hall–Kier alpha value is -1.91. The highest BCUT2D eigenvalue weighted by atomic mass is 16.1. The number of nitrogens with two attached hydrogens (primary N) is 1. The standard InChI is InChI=1S/C19H30N4O/c1-12-10-13(2)22-17(21-12)16(11-20)18(24)23-15-8-6-14(7-9-15)19(3,4)5/h10-11,14-15H,6-9,20H2,1-5H3,(H,23,24). The van der Waals surface area contributed by atoms with Crippen LogP contribution in [-0.2, 0) is 4.79 Å². The van der Waals surface area contributed by atoms with Crippen molar-refractivity contribution in [3.63, 3.8) is 0 Å². The Bertz CT molecular complexity index is 602. The molecule has 24 heavy (non-hydrogen) atoms. The van der Waals surface area contributed by atoms with Gasteiger partial charge in [0.05, 0.1) is 5.57 Å². The van der Waals surface area contributed by atoms with Crippen molar-refractivity contribution < 1.29 is 4.79 Å². The van der Waals surface area contributed by atoms with Gasteiger partial charge in [-0.3, -0.25) is 4.79 Å². The molecular weight excluding hydrogens is 300 g/mol. The van der Waals surface area contributed by atoms with Crippen molar-refractivity contribution in [2.24, 2.45) is 17.1 Å². The molecular formula is C19H30N4O. The monoisotopic (exact) mass is 330 g/mol. The number of amides is 1. The lowest BCUT2D eigenvalue weighted by Crippen LogP contribution is -2.40. The summed E-state index contributed by atoms with van der Waals surface area (Å²) in [5.74, 6) is 0.940. The fraction of sp³-hybridized carbons (Fsp3) is 0.632. The van der Waals surface area contributed by atoms with E-state index in [4.69, 9.17) is 5.73 Å². The predicted octanol–water partition coefficient (Wildman–Crippen LogP) is 3.11. The summed E-state index contributed by atoms with van der Waals surface area (Å²) < 4.78 is 0. The second kappa shape index (κ2) is 7.32. The molecule has 132 valence electrons. The number of rotatable bonds is 3. The van der Waals surface area contributed by atoms with Crippen LogP contribution in [0.5, 0.6) is 0 Å². The van der Waals surface area contributed by atoms with Crippen LogP contribution in [0.1, 0.15) is 63.7 Å². The maximum Gasteiger partial charge on any atom is 0.256 e. The normalized spacial score (nSPS) is 22.3.